The molecule has 1 nitrogen and oxygen atoms in total. The average Bonchev–Trinajstić information content (AvgIpc) is 2.00. The van der Waals surface area contributed by atoms with Crippen molar-refractivity contribution in [2.75, 3.05) is 0 Å². The zero-order valence-corrected chi connectivity index (χ0v) is 9.95. The fourth-order valence-electron chi connectivity index (χ4n) is 1.34. The highest BCUT2D eigenvalue weighted by atomic mass is 35.5. The highest BCUT2D eigenvalue weighted by Gasteiger charge is 2.30. The van der Waals surface area contributed by atoms with E-state index < -0.39 is 17.3 Å². The standard InChI is InChI=1S/C11H14F3N.ClH/c1-10(2,15)7-8-3-5-9(6-4-8)11(12,13)14;/h3-6H,7,15H2,1-2H3;1H. The van der Waals surface area contributed by atoms with Gasteiger partial charge in [-0.25, -0.2) is 0 Å². The van der Waals surface area contributed by atoms with Crippen LogP contribution >= 0.6 is 12.4 Å². The zero-order chi connectivity index (χ0) is 11.7. The number of alkyl halides is 3. The lowest BCUT2D eigenvalue weighted by Gasteiger charge is -2.18. The quantitative estimate of drug-likeness (QED) is 0.859. The van der Waals surface area contributed by atoms with E-state index in [4.69, 9.17) is 5.73 Å². The summed E-state index contributed by atoms with van der Waals surface area (Å²) in [5.41, 5.74) is 5.56. The molecule has 0 aliphatic heterocycles. The average molecular weight is 254 g/mol. The summed E-state index contributed by atoms with van der Waals surface area (Å²) in [4.78, 5) is 0. The third kappa shape index (κ3) is 4.86. The Bertz CT molecular complexity index is 325. The van der Waals surface area contributed by atoms with Crippen molar-refractivity contribution in [1.82, 2.24) is 0 Å². The van der Waals surface area contributed by atoms with Crippen molar-refractivity contribution in [3.05, 3.63) is 35.4 Å². The molecule has 0 spiro atoms. The number of benzene rings is 1. The van der Waals surface area contributed by atoms with Crippen molar-refractivity contribution in [2.24, 2.45) is 5.73 Å². The lowest BCUT2D eigenvalue weighted by molar-refractivity contribution is -0.137. The number of rotatable bonds is 2. The van der Waals surface area contributed by atoms with Crippen molar-refractivity contribution < 1.29 is 13.2 Å². The summed E-state index contributed by atoms with van der Waals surface area (Å²) in [6, 6.07) is 5.11. The van der Waals surface area contributed by atoms with Crippen molar-refractivity contribution in [1.29, 1.82) is 0 Å². The Hall–Kier alpha value is -0.740. The molecule has 2 N–H and O–H groups in total. The molecule has 0 saturated carbocycles. The SMILES string of the molecule is CC(C)(N)Cc1ccc(C(F)(F)F)cc1.Cl. The Morgan fingerprint density at radius 1 is 1.06 bits per heavy atom. The molecule has 0 amide bonds. The van der Waals surface area contributed by atoms with Crippen LogP contribution in [0.1, 0.15) is 25.0 Å². The van der Waals surface area contributed by atoms with Crippen molar-refractivity contribution in [3.8, 4) is 0 Å². The van der Waals surface area contributed by atoms with Gasteiger partial charge in [-0.1, -0.05) is 12.1 Å². The summed E-state index contributed by atoms with van der Waals surface area (Å²) in [6.07, 6.45) is -3.71. The maximum atomic E-state index is 12.2. The molecule has 92 valence electrons. The van der Waals surface area contributed by atoms with Gasteiger partial charge in [0.05, 0.1) is 5.56 Å². The molecule has 0 atom stereocenters. The predicted octanol–water partition coefficient (Wildman–Crippen LogP) is 3.41. The molecule has 0 saturated heterocycles. The molecule has 0 aliphatic rings. The summed E-state index contributed by atoms with van der Waals surface area (Å²) in [5, 5.41) is 0. The number of hydrogen-bond donors (Lipinski definition) is 1. The second kappa shape index (κ2) is 5.06. The van der Waals surface area contributed by atoms with Crippen molar-refractivity contribution in [3.63, 3.8) is 0 Å². The van der Waals surface area contributed by atoms with E-state index in [1.54, 1.807) is 0 Å². The Morgan fingerprint density at radius 2 is 1.50 bits per heavy atom. The highest BCUT2D eigenvalue weighted by Crippen LogP contribution is 2.29. The van der Waals surface area contributed by atoms with Gasteiger partial charge < -0.3 is 5.73 Å². The second-order valence-electron chi connectivity index (χ2n) is 4.36. The highest BCUT2D eigenvalue weighted by molar-refractivity contribution is 5.85. The van der Waals surface area contributed by atoms with E-state index in [2.05, 4.69) is 0 Å². The van der Waals surface area contributed by atoms with Gasteiger partial charge in [0.2, 0.25) is 0 Å². The Balaban J connectivity index is 0.00000225. The van der Waals surface area contributed by atoms with Crippen LogP contribution in [0.15, 0.2) is 24.3 Å². The fourth-order valence-corrected chi connectivity index (χ4v) is 1.34. The Labute approximate surface area is 99.2 Å². The van der Waals surface area contributed by atoms with Crippen LogP contribution in [0.4, 0.5) is 13.2 Å². The van der Waals surface area contributed by atoms with E-state index in [1.165, 1.54) is 12.1 Å². The van der Waals surface area contributed by atoms with Gasteiger partial charge in [0.15, 0.2) is 0 Å². The first-order valence-electron chi connectivity index (χ1n) is 4.63. The summed E-state index contributed by atoms with van der Waals surface area (Å²) in [5.74, 6) is 0. The monoisotopic (exact) mass is 253 g/mol. The van der Waals surface area contributed by atoms with Gasteiger partial charge in [-0.15, -0.1) is 12.4 Å². The number of nitrogens with two attached hydrogens (primary N) is 1. The van der Waals surface area contributed by atoms with Gasteiger partial charge in [-0.2, -0.15) is 13.2 Å². The van der Waals surface area contributed by atoms with Gasteiger partial charge in [-0.05, 0) is 38.0 Å². The van der Waals surface area contributed by atoms with Crippen LogP contribution in [0.5, 0.6) is 0 Å². The van der Waals surface area contributed by atoms with E-state index >= 15 is 0 Å². The van der Waals surface area contributed by atoms with E-state index in [-0.39, 0.29) is 12.4 Å². The lowest BCUT2D eigenvalue weighted by Crippen LogP contribution is -2.34. The first kappa shape index (κ1) is 15.3. The smallest absolute Gasteiger partial charge is 0.325 e. The molecule has 0 radical (unpaired) electrons. The van der Waals surface area contributed by atoms with Crippen LogP contribution < -0.4 is 5.73 Å². The van der Waals surface area contributed by atoms with Gasteiger partial charge in [-0.3, -0.25) is 0 Å². The van der Waals surface area contributed by atoms with E-state index in [1.807, 2.05) is 13.8 Å². The Kier molecular flexibility index (Phi) is 4.83. The molecular weight excluding hydrogens is 239 g/mol. The number of hydrogen-bond acceptors (Lipinski definition) is 1. The third-order valence-corrected chi connectivity index (χ3v) is 1.94. The van der Waals surface area contributed by atoms with Crippen LogP contribution in [0.3, 0.4) is 0 Å². The Morgan fingerprint density at radius 3 is 1.81 bits per heavy atom. The molecule has 0 aromatic heterocycles. The molecule has 5 heteroatoms. The number of halogens is 4. The van der Waals surface area contributed by atoms with Crippen LogP contribution in [-0.2, 0) is 12.6 Å². The largest absolute Gasteiger partial charge is 0.416 e. The van der Waals surface area contributed by atoms with E-state index in [0.717, 1.165) is 17.7 Å². The lowest BCUT2D eigenvalue weighted by atomic mass is 9.96. The molecule has 0 unspecified atom stereocenters. The van der Waals surface area contributed by atoms with Gasteiger partial charge in [0, 0.05) is 5.54 Å². The maximum Gasteiger partial charge on any atom is 0.416 e. The van der Waals surface area contributed by atoms with E-state index in [9.17, 15) is 13.2 Å². The minimum atomic E-state index is -4.27. The molecule has 0 aliphatic carbocycles. The normalized spacial score (nSPS) is 12.1. The molecule has 0 fully saturated rings. The minimum Gasteiger partial charge on any atom is -0.325 e. The summed E-state index contributed by atoms with van der Waals surface area (Å²) in [7, 11) is 0. The molecule has 0 bridgehead atoms. The first-order chi connectivity index (χ1) is 6.68. The first-order valence-corrected chi connectivity index (χ1v) is 4.63. The van der Waals surface area contributed by atoms with Crippen LogP contribution in [0.25, 0.3) is 0 Å². The topological polar surface area (TPSA) is 26.0 Å². The molecule has 1 rings (SSSR count). The minimum absolute atomic E-state index is 0. The molecule has 16 heavy (non-hydrogen) atoms. The summed E-state index contributed by atoms with van der Waals surface area (Å²) in [6.45, 7) is 3.68. The van der Waals surface area contributed by atoms with Crippen LogP contribution in [0, 0.1) is 0 Å². The van der Waals surface area contributed by atoms with Crippen LogP contribution in [0.2, 0.25) is 0 Å². The second-order valence-corrected chi connectivity index (χ2v) is 4.36. The fraction of sp³-hybridized carbons (Fsp3) is 0.455. The third-order valence-electron chi connectivity index (χ3n) is 1.94. The van der Waals surface area contributed by atoms with Crippen molar-refractivity contribution >= 4 is 12.4 Å². The maximum absolute atomic E-state index is 12.2. The molecule has 1 aromatic carbocycles. The van der Waals surface area contributed by atoms with E-state index in [0.29, 0.717) is 6.42 Å². The van der Waals surface area contributed by atoms with Crippen molar-refractivity contribution in [2.45, 2.75) is 32.0 Å². The van der Waals surface area contributed by atoms with Gasteiger partial charge >= 0.3 is 6.18 Å². The van der Waals surface area contributed by atoms with Gasteiger partial charge in [0.1, 0.15) is 0 Å². The molecule has 1 aromatic rings. The molecular formula is C11H15ClF3N. The summed E-state index contributed by atoms with van der Waals surface area (Å²) >= 11 is 0. The van der Waals surface area contributed by atoms with Crippen LogP contribution in [-0.4, -0.2) is 5.54 Å². The molecule has 0 heterocycles. The predicted molar refractivity (Wildman–Crippen MR) is 60.7 cm³/mol. The zero-order valence-electron chi connectivity index (χ0n) is 9.14. The summed E-state index contributed by atoms with van der Waals surface area (Å²) < 4.78 is 36.7. The van der Waals surface area contributed by atoms with Gasteiger partial charge in [0.25, 0.3) is 0 Å².